The van der Waals surface area contributed by atoms with Crippen molar-refractivity contribution in [2.45, 2.75) is 6.10 Å². The van der Waals surface area contributed by atoms with Gasteiger partial charge in [0.1, 0.15) is 18.1 Å². The molecule has 1 atom stereocenters. The highest BCUT2D eigenvalue weighted by Crippen LogP contribution is 2.32. The number of nitrogens with zero attached hydrogens (tertiary/aromatic N) is 2. The van der Waals surface area contributed by atoms with Gasteiger partial charge >= 0.3 is 0 Å². The molecule has 1 aliphatic heterocycles. The Morgan fingerprint density at radius 2 is 2.00 bits per heavy atom. The number of carbonyl (C=O) groups excluding carboxylic acids is 1. The number of para-hydroxylation sites is 2. The Bertz CT molecular complexity index is 1140. The van der Waals surface area contributed by atoms with Gasteiger partial charge < -0.3 is 13.9 Å². The number of ether oxygens (including phenoxy) is 2. The van der Waals surface area contributed by atoms with E-state index >= 15 is 0 Å². The van der Waals surface area contributed by atoms with Crippen LogP contribution in [-0.4, -0.2) is 29.8 Å². The number of carbonyl (C=O) groups is 1. The average molecular weight is 428 g/mol. The second-order valence-corrected chi connectivity index (χ2v) is 6.63. The summed E-state index contributed by atoms with van der Waals surface area (Å²) >= 11 is 6.11. The largest absolute Gasteiger partial charge is 0.485 e. The fourth-order valence-corrected chi connectivity index (χ4v) is 2.97. The molecule has 1 amide bonds. The maximum Gasteiger partial charge on any atom is 0.284 e. The summed E-state index contributed by atoms with van der Waals surface area (Å²) in [5, 5.41) is 15.1. The van der Waals surface area contributed by atoms with Gasteiger partial charge in [0.25, 0.3) is 11.6 Å². The maximum atomic E-state index is 12.2. The smallest absolute Gasteiger partial charge is 0.284 e. The monoisotopic (exact) mass is 427 g/mol. The van der Waals surface area contributed by atoms with Gasteiger partial charge in [-0.25, -0.2) is 5.43 Å². The minimum Gasteiger partial charge on any atom is -0.485 e. The maximum absolute atomic E-state index is 12.2. The van der Waals surface area contributed by atoms with Crippen LogP contribution in [0.15, 0.2) is 64.1 Å². The Labute approximate surface area is 175 Å². The molecule has 0 aliphatic carbocycles. The van der Waals surface area contributed by atoms with Crippen LogP contribution in [0, 0.1) is 10.1 Å². The summed E-state index contributed by atoms with van der Waals surface area (Å²) in [5.41, 5.74) is 2.64. The van der Waals surface area contributed by atoms with Gasteiger partial charge in [0.15, 0.2) is 11.5 Å². The number of furan rings is 1. The van der Waals surface area contributed by atoms with Gasteiger partial charge in [0.05, 0.1) is 16.2 Å². The van der Waals surface area contributed by atoms with Gasteiger partial charge in [-0.3, -0.25) is 14.9 Å². The van der Waals surface area contributed by atoms with Crippen LogP contribution in [0.2, 0.25) is 5.02 Å². The number of benzene rings is 2. The standard InChI is InChI=1S/C20H14ClN3O6/c21-15-7-5-12(24(26)27)9-14(15)16-8-6-13(29-16)10-22-23-20(25)19-11-28-17-3-1-2-4-18(17)30-19/h1-10,19H,11H2,(H,23,25)/b22-10+/t19-/m1/s1. The van der Waals surface area contributed by atoms with E-state index in [-0.39, 0.29) is 12.3 Å². The van der Waals surface area contributed by atoms with Crippen molar-refractivity contribution in [1.29, 1.82) is 0 Å². The number of nitro benzene ring substituents is 1. The highest BCUT2D eigenvalue weighted by atomic mass is 35.5. The predicted molar refractivity (Wildman–Crippen MR) is 108 cm³/mol. The van der Waals surface area contributed by atoms with E-state index < -0.39 is 16.9 Å². The lowest BCUT2D eigenvalue weighted by Gasteiger charge is -2.24. The topological polar surface area (TPSA) is 116 Å². The molecule has 4 rings (SSSR count). The third kappa shape index (κ3) is 4.11. The Morgan fingerprint density at radius 3 is 2.80 bits per heavy atom. The first kappa shape index (κ1) is 19.5. The third-order valence-electron chi connectivity index (χ3n) is 4.22. The van der Waals surface area contributed by atoms with Crippen molar-refractivity contribution in [3.63, 3.8) is 0 Å². The predicted octanol–water partition coefficient (Wildman–Crippen LogP) is 3.80. The number of amides is 1. The molecule has 3 aromatic rings. The fraction of sp³-hybridized carbons (Fsp3) is 0.100. The summed E-state index contributed by atoms with van der Waals surface area (Å²) in [4.78, 5) is 22.7. The van der Waals surface area contributed by atoms with Gasteiger partial charge in [-0.2, -0.15) is 5.10 Å². The van der Waals surface area contributed by atoms with E-state index in [0.29, 0.717) is 33.6 Å². The fourth-order valence-electron chi connectivity index (χ4n) is 2.76. The lowest BCUT2D eigenvalue weighted by atomic mass is 10.1. The molecule has 0 radical (unpaired) electrons. The minimum atomic E-state index is -0.840. The number of non-ortho nitro benzene ring substituents is 1. The molecule has 1 aliphatic rings. The van der Waals surface area contributed by atoms with E-state index in [1.807, 2.05) is 6.07 Å². The highest BCUT2D eigenvalue weighted by molar-refractivity contribution is 6.33. The summed E-state index contributed by atoms with van der Waals surface area (Å²) < 4.78 is 16.7. The third-order valence-corrected chi connectivity index (χ3v) is 4.55. The molecule has 10 heteroatoms. The average Bonchev–Trinajstić information content (AvgIpc) is 3.22. The molecule has 1 N–H and O–H groups in total. The minimum absolute atomic E-state index is 0.0640. The van der Waals surface area contributed by atoms with E-state index in [9.17, 15) is 14.9 Å². The Morgan fingerprint density at radius 1 is 1.20 bits per heavy atom. The van der Waals surface area contributed by atoms with Crippen molar-refractivity contribution < 1.29 is 23.6 Å². The molecule has 2 heterocycles. The zero-order valence-electron chi connectivity index (χ0n) is 15.3. The molecule has 0 saturated carbocycles. The van der Waals surface area contributed by atoms with Crippen molar-refractivity contribution in [3.05, 3.63) is 75.5 Å². The van der Waals surface area contributed by atoms with Crippen LogP contribution in [0.3, 0.4) is 0 Å². The van der Waals surface area contributed by atoms with Crippen molar-refractivity contribution in [3.8, 4) is 22.8 Å². The Kier molecular flexibility index (Phi) is 5.36. The molecule has 9 nitrogen and oxygen atoms in total. The van der Waals surface area contributed by atoms with Crippen LogP contribution in [0.25, 0.3) is 11.3 Å². The molecule has 0 bridgehead atoms. The summed E-state index contributed by atoms with van der Waals surface area (Å²) in [6.45, 7) is 0.0640. The number of hydrogen-bond acceptors (Lipinski definition) is 7. The number of hydrazone groups is 1. The summed E-state index contributed by atoms with van der Waals surface area (Å²) in [6, 6.07) is 14.3. The molecule has 0 fully saturated rings. The van der Waals surface area contributed by atoms with Crippen LogP contribution < -0.4 is 14.9 Å². The quantitative estimate of drug-likeness (QED) is 0.376. The first-order valence-corrected chi connectivity index (χ1v) is 9.14. The van der Waals surface area contributed by atoms with Crippen LogP contribution in [0.5, 0.6) is 11.5 Å². The van der Waals surface area contributed by atoms with Gasteiger partial charge in [-0.05, 0) is 30.3 Å². The van der Waals surface area contributed by atoms with Crippen molar-refractivity contribution >= 4 is 29.4 Å². The molecule has 2 aromatic carbocycles. The molecule has 152 valence electrons. The zero-order valence-corrected chi connectivity index (χ0v) is 16.0. The first-order chi connectivity index (χ1) is 14.5. The van der Waals surface area contributed by atoms with Crippen molar-refractivity contribution in [2.75, 3.05) is 6.61 Å². The number of fused-ring (bicyclic) bond motifs is 1. The normalized spacial score (nSPS) is 15.2. The van der Waals surface area contributed by atoms with Crippen LogP contribution in [0.4, 0.5) is 5.69 Å². The lowest BCUT2D eigenvalue weighted by Crippen LogP contribution is -2.42. The van der Waals surface area contributed by atoms with Crippen LogP contribution >= 0.6 is 11.6 Å². The van der Waals surface area contributed by atoms with Crippen LogP contribution in [0.1, 0.15) is 5.76 Å². The molecule has 30 heavy (non-hydrogen) atoms. The van der Waals surface area contributed by atoms with Gasteiger partial charge in [-0.1, -0.05) is 23.7 Å². The van der Waals surface area contributed by atoms with E-state index in [4.69, 9.17) is 25.5 Å². The lowest BCUT2D eigenvalue weighted by molar-refractivity contribution is -0.384. The van der Waals surface area contributed by atoms with Crippen molar-refractivity contribution in [1.82, 2.24) is 5.43 Å². The van der Waals surface area contributed by atoms with E-state index in [1.54, 1.807) is 30.3 Å². The number of nitro groups is 1. The zero-order chi connectivity index (χ0) is 21.1. The highest BCUT2D eigenvalue weighted by Gasteiger charge is 2.27. The molecular formula is C20H14ClN3O6. The first-order valence-electron chi connectivity index (χ1n) is 8.77. The molecule has 1 aromatic heterocycles. The van der Waals surface area contributed by atoms with Crippen molar-refractivity contribution in [2.24, 2.45) is 5.10 Å². The molecule has 0 unspecified atom stereocenters. The number of nitrogens with one attached hydrogen (secondary N) is 1. The van der Waals surface area contributed by atoms with Gasteiger partial charge in [-0.15, -0.1) is 0 Å². The SMILES string of the molecule is O=C(N/N=C/c1ccc(-c2cc([N+](=O)[O-])ccc2Cl)o1)[C@H]1COc2ccccc2O1. The molecule has 0 saturated heterocycles. The van der Waals surface area contributed by atoms with Gasteiger partial charge in [0, 0.05) is 17.7 Å². The van der Waals surface area contributed by atoms with E-state index in [0.717, 1.165) is 0 Å². The number of halogens is 1. The Balaban J connectivity index is 1.40. The summed E-state index contributed by atoms with van der Waals surface area (Å²) in [6.07, 6.45) is 0.456. The Hall–Kier alpha value is -3.85. The second-order valence-electron chi connectivity index (χ2n) is 6.22. The van der Waals surface area contributed by atoms with Gasteiger partial charge in [0.2, 0.25) is 6.10 Å². The summed E-state index contributed by atoms with van der Waals surface area (Å²) in [5.74, 6) is 1.23. The summed E-state index contributed by atoms with van der Waals surface area (Å²) in [7, 11) is 0. The second kappa shape index (κ2) is 8.26. The molecule has 0 spiro atoms. The van der Waals surface area contributed by atoms with E-state index in [1.165, 1.54) is 24.4 Å². The molecular weight excluding hydrogens is 414 g/mol. The van der Waals surface area contributed by atoms with E-state index in [2.05, 4.69) is 10.5 Å². The van der Waals surface area contributed by atoms with Crippen LogP contribution in [-0.2, 0) is 4.79 Å². The number of hydrogen-bond donors (Lipinski definition) is 1. The number of rotatable bonds is 5.